The summed E-state index contributed by atoms with van der Waals surface area (Å²) in [7, 11) is -0.775. The fraction of sp³-hybridized carbons (Fsp3) is 0.400. The molecule has 2 aromatic rings. The quantitative estimate of drug-likeness (QED) is 0.480. The molecule has 0 spiro atoms. The van der Waals surface area contributed by atoms with Gasteiger partial charge >= 0.3 is 0 Å². The molecule has 7 nitrogen and oxygen atoms in total. The minimum Gasteiger partial charge on any atom is -0.497 e. The van der Waals surface area contributed by atoms with Crippen LogP contribution in [0.1, 0.15) is 50.1 Å². The van der Waals surface area contributed by atoms with Gasteiger partial charge in [-0.25, -0.2) is 13.1 Å². The van der Waals surface area contributed by atoms with Crippen LogP contribution in [-0.2, 0) is 14.8 Å². The standard InChI is InChI=1S/C25H32N2O5S/c1-31-21-10-8-20(9-11-21)24(18-25(28)26-17-16-19-6-4-3-5-7-19)27-33(29,30)23-14-12-22(32-2)13-15-23/h6,8-15,24,27H,3-5,7,16-18H2,1-2H3,(H,26,28)/t24-/m1/s1. The predicted molar refractivity (Wildman–Crippen MR) is 128 cm³/mol. The van der Waals surface area contributed by atoms with E-state index in [-0.39, 0.29) is 17.2 Å². The van der Waals surface area contributed by atoms with E-state index < -0.39 is 16.1 Å². The van der Waals surface area contributed by atoms with Gasteiger partial charge in [0.25, 0.3) is 0 Å². The highest BCUT2D eigenvalue weighted by Crippen LogP contribution is 2.24. The second kappa shape index (κ2) is 11.9. The summed E-state index contributed by atoms with van der Waals surface area (Å²) in [5.41, 5.74) is 2.06. The van der Waals surface area contributed by atoms with Gasteiger partial charge in [0.05, 0.1) is 25.2 Å². The van der Waals surface area contributed by atoms with Gasteiger partial charge in [-0.1, -0.05) is 23.8 Å². The third-order valence-electron chi connectivity index (χ3n) is 5.73. The van der Waals surface area contributed by atoms with E-state index in [2.05, 4.69) is 16.1 Å². The Balaban J connectivity index is 1.71. The molecule has 178 valence electrons. The summed E-state index contributed by atoms with van der Waals surface area (Å²) in [5, 5.41) is 2.94. The van der Waals surface area contributed by atoms with Crippen LogP contribution >= 0.6 is 0 Å². The topological polar surface area (TPSA) is 93.7 Å². The number of carbonyl (C=O) groups excluding carboxylic acids is 1. The number of hydrogen-bond donors (Lipinski definition) is 2. The van der Waals surface area contributed by atoms with E-state index in [1.54, 1.807) is 43.5 Å². The second-order valence-corrected chi connectivity index (χ2v) is 9.75. The summed E-state index contributed by atoms with van der Waals surface area (Å²) in [5.74, 6) is 1.01. The normalized spacial score (nSPS) is 14.8. The Hall–Kier alpha value is -2.84. The van der Waals surface area contributed by atoms with E-state index >= 15 is 0 Å². The highest BCUT2D eigenvalue weighted by Gasteiger charge is 2.24. The Bertz CT molecular complexity index is 1050. The third kappa shape index (κ3) is 7.33. The average Bonchev–Trinajstić information content (AvgIpc) is 2.84. The van der Waals surface area contributed by atoms with Gasteiger partial charge < -0.3 is 14.8 Å². The summed E-state index contributed by atoms with van der Waals surface area (Å²) in [6.07, 6.45) is 7.71. The monoisotopic (exact) mass is 472 g/mol. The second-order valence-electron chi connectivity index (χ2n) is 8.03. The molecule has 0 saturated heterocycles. The van der Waals surface area contributed by atoms with Gasteiger partial charge in [0, 0.05) is 13.0 Å². The number of methoxy groups -OCH3 is 2. The molecular weight excluding hydrogens is 440 g/mol. The van der Waals surface area contributed by atoms with Crippen molar-refractivity contribution in [1.29, 1.82) is 0 Å². The molecule has 0 bridgehead atoms. The number of allylic oxidation sites excluding steroid dienone is 1. The largest absolute Gasteiger partial charge is 0.497 e. The lowest BCUT2D eigenvalue weighted by atomic mass is 9.97. The number of sulfonamides is 1. The maximum atomic E-state index is 13.0. The van der Waals surface area contributed by atoms with Gasteiger partial charge in [-0.05, 0) is 74.1 Å². The summed E-state index contributed by atoms with van der Waals surface area (Å²) in [6.45, 7) is 0.547. The molecule has 0 saturated carbocycles. The van der Waals surface area contributed by atoms with Crippen LogP contribution in [0.4, 0.5) is 0 Å². The number of carbonyl (C=O) groups is 1. The van der Waals surface area contributed by atoms with E-state index in [1.807, 2.05) is 0 Å². The molecule has 3 rings (SSSR count). The average molecular weight is 473 g/mol. The molecule has 1 amide bonds. The lowest BCUT2D eigenvalue weighted by molar-refractivity contribution is -0.121. The summed E-state index contributed by atoms with van der Waals surface area (Å²) >= 11 is 0. The summed E-state index contributed by atoms with van der Waals surface area (Å²) in [4.78, 5) is 12.8. The SMILES string of the molecule is COc1ccc([C@@H](CC(=O)NCCC2=CCCCC2)NS(=O)(=O)c2ccc(OC)cc2)cc1. The van der Waals surface area contributed by atoms with Crippen molar-refractivity contribution in [1.82, 2.24) is 10.0 Å². The van der Waals surface area contributed by atoms with Gasteiger partial charge in [-0.3, -0.25) is 4.79 Å². The Kier molecular flexibility index (Phi) is 8.91. The van der Waals surface area contributed by atoms with Crippen molar-refractivity contribution in [2.24, 2.45) is 0 Å². The predicted octanol–water partition coefficient (Wildman–Crippen LogP) is 4.12. The van der Waals surface area contributed by atoms with Crippen molar-refractivity contribution in [2.45, 2.75) is 49.5 Å². The summed E-state index contributed by atoms with van der Waals surface area (Å²) < 4.78 is 39.0. The lowest BCUT2D eigenvalue weighted by Gasteiger charge is -2.20. The van der Waals surface area contributed by atoms with Crippen molar-refractivity contribution >= 4 is 15.9 Å². The number of ether oxygens (including phenoxy) is 2. The fourth-order valence-electron chi connectivity index (χ4n) is 3.83. The molecule has 0 aromatic heterocycles. The van der Waals surface area contributed by atoms with Crippen LogP contribution in [0.15, 0.2) is 65.1 Å². The van der Waals surface area contributed by atoms with E-state index in [9.17, 15) is 13.2 Å². The number of rotatable bonds is 11. The van der Waals surface area contributed by atoms with Crippen LogP contribution in [0.25, 0.3) is 0 Å². The highest BCUT2D eigenvalue weighted by molar-refractivity contribution is 7.89. The summed E-state index contributed by atoms with van der Waals surface area (Å²) in [6, 6.07) is 12.4. The molecular formula is C25H32N2O5S. The Morgan fingerprint density at radius 3 is 2.18 bits per heavy atom. The van der Waals surface area contributed by atoms with Crippen LogP contribution in [0.2, 0.25) is 0 Å². The minimum absolute atomic E-state index is 0.0131. The van der Waals surface area contributed by atoms with Gasteiger partial charge in [-0.2, -0.15) is 0 Å². The molecule has 0 heterocycles. The van der Waals surface area contributed by atoms with Crippen LogP contribution in [0, 0.1) is 0 Å². The zero-order chi connectivity index (χ0) is 23.7. The smallest absolute Gasteiger partial charge is 0.241 e. The van der Waals surface area contributed by atoms with Gasteiger partial charge in [-0.15, -0.1) is 0 Å². The first-order valence-corrected chi connectivity index (χ1v) is 12.6. The van der Waals surface area contributed by atoms with Crippen LogP contribution in [0.3, 0.4) is 0 Å². The first-order chi connectivity index (χ1) is 15.9. The van der Waals surface area contributed by atoms with Gasteiger partial charge in [0.2, 0.25) is 15.9 Å². The third-order valence-corrected chi connectivity index (χ3v) is 7.22. The van der Waals surface area contributed by atoms with Gasteiger partial charge in [0.1, 0.15) is 11.5 Å². The minimum atomic E-state index is -3.86. The highest BCUT2D eigenvalue weighted by atomic mass is 32.2. The van der Waals surface area contributed by atoms with E-state index in [0.717, 1.165) is 19.3 Å². The maximum Gasteiger partial charge on any atom is 0.241 e. The van der Waals surface area contributed by atoms with Crippen molar-refractivity contribution in [3.05, 3.63) is 65.7 Å². The van der Waals surface area contributed by atoms with Crippen molar-refractivity contribution in [2.75, 3.05) is 20.8 Å². The molecule has 0 radical (unpaired) electrons. The van der Waals surface area contributed by atoms with Crippen molar-refractivity contribution < 1.29 is 22.7 Å². The molecule has 1 aliphatic carbocycles. The first kappa shape index (κ1) is 24.8. The van der Waals surface area contributed by atoms with Crippen molar-refractivity contribution in [3.8, 4) is 11.5 Å². The number of nitrogens with one attached hydrogen (secondary N) is 2. The molecule has 2 aromatic carbocycles. The zero-order valence-corrected chi connectivity index (χ0v) is 20.0. The lowest BCUT2D eigenvalue weighted by Crippen LogP contribution is -2.34. The maximum absolute atomic E-state index is 13.0. The Morgan fingerprint density at radius 2 is 1.61 bits per heavy atom. The Labute approximate surface area is 196 Å². The molecule has 0 fully saturated rings. The molecule has 2 N–H and O–H groups in total. The molecule has 1 atom stereocenters. The van der Waals surface area contributed by atoms with Crippen molar-refractivity contribution in [3.63, 3.8) is 0 Å². The molecule has 8 heteroatoms. The fourth-order valence-corrected chi connectivity index (χ4v) is 5.05. The molecule has 0 unspecified atom stereocenters. The molecule has 33 heavy (non-hydrogen) atoms. The van der Waals surface area contributed by atoms with Crippen LogP contribution in [-0.4, -0.2) is 35.1 Å². The first-order valence-electron chi connectivity index (χ1n) is 11.2. The van der Waals surface area contributed by atoms with E-state index in [4.69, 9.17) is 9.47 Å². The van der Waals surface area contributed by atoms with Gasteiger partial charge in [0.15, 0.2) is 0 Å². The number of benzene rings is 2. The van der Waals surface area contributed by atoms with E-state index in [1.165, 1.54) is 37.7 Å². The van der Waals surface area contributed by atoms with E-state index in [0.29, 0.717) is 23.6 Å². The van der Waals surface area contributed by atoms with Crippen LogP contribution in [0.5, 0.6) is 11.5 Å². The number of amides is 1. The molecule has 1 aliphatic rings. The number of hydrogen-bond acceptors (Lipinski definition) is 5. The molecule has 0 aliphatic heterocycles. The Morgan fingerprint density at radius 1 is 0.970 bits per heavy atom. The van der Waals surface area contributed by atoms with Crippen LogP contribution < -0.4 is 19.5 Å². The zero-order valence-electron chi connectivity index (χ0n) is 19.2.